The van der Waals surface area contributed by atoms with Gasteiger partial charge in [-0.15, -0.1) is 0 Å². The third-order valence-electron chi connectivity index (χ3n) is 4.80. The van der Waals surface area contributed by atoms with Gasteiger partial charge in [-0.1, -0.05) is 41.0 Å². The number of amides is 2. The van der Waals surface area contributed by atoms with Gasteiger partial charge in [-0.3, -0.25) is 4.79 Å². The van der Waals surface area contributed by atoms with E-state index in [1.54, 1.807) is 17.0 Å². The zero-order chi connectivity index (χ0) is 22.2. The molecule has 1 heterocycles. The van der Waals surface area contributed by atoms with Gasteiger partial charge in [-0.05, 0) is 60.3 Å². The van der Waals surface area contributed by atoms with E-state index in [-0.39, 0.29) is 29.3 Å². The highest BCUT2D eigenvalue weighted by Crippen LogP contribution is 2.32. The van der Waals surface area contributed by atoms with Crippen LogP contribution in [0.2, 0.25) is 5.02 Å². The number of carbonyl (C=O) groups is 2. The van der Waals surface area contributed by atoms with Crippen molar-refractivity contribution in [1.29, 1.82) is 0 Å². The highest BCUT2D eigenvalue weighted by atomic mass is 35.5. The lowest BCUT2D eigenvalue weighted by atomic mass is 10.2. The number of benzene rings is 2. The number of hydrogen-bond donors (Lipinski definition) is 1. The Morgan fingerprint density at radius 2 is 1.87 bits per heavy atom. The van der Waals surface area contributed by atoms with Gasteiger partial charge in [0.25, 0.3) is 0 Å². The zero-order valence-electron chi connectivity index (χ0n) is 17.4. The van der Waals surface area contributed by atoms with E-state index in [1.807, 2.05) is 43.3 Å². The van der Waals surface area contributed by atoms with Crippen LogP contribution >= 0.6 is 22.3 Å². The molecule has 0 radical (unpaired) electrons. The Kier molecular flexibility index (Phi) is 8.28. The highest BCUT2D eigenvalue weighted by Gasteiger charge is 2.24. The maximum atomic E-state index is 12.4. The summed E-state index contributed by atoms with van der Waals surface area (Å²) in [6.45, 7) is 8.45. The van der Waals surface area contributed by atoms with Crippen LogP contribution in [-0.2, 0) is 16.1 Å². The topological polar surface area (TPSA) is 61.9 Å². The van der Waals surface area contributed by atoms with Crippen LogP contribution in [0.4, 0.5) is 10.5 Å². The Labute approximate surface area is 190 Å². The van der Waals surface area contributed by atoms with Crippen LogP contribution in [0.15, 0.2) is 66.1 Å². The monoisotopic (exact) mass is 459 g/mol. The van der Waals surface area contributed by atoms with Gasteiger partial charge in [0.05, 0.1) is 0 Å². The van der Waals surface area contributed by atoms with Crippen LogP contribution in [0.5, 0.6) is 0 Å². The summed E-state index contributed by atoms with van der Waals surface area (Å²) in [5.41, 5.74) is 1.61. The average molecular weight is 460 g/mol. The second-order valence-corrected chi connectivity index (χ2v) is 9.39. The molecule has 1 unspecified atom stereocenters. The van der Waals surface area contributed by atoms with Crippen molar-refractivity contribution < 1.29 is 14.3 Å². The fourth-order valence-electron chi connectivity index (χ4n) is 3.24. The third kappa shape index (κ3) is 6.43. The lowest BCUT2D eigenvalue weighted by Crippen LogP contribution is -2.47. The molecule has 2 aromatic rings. The summed E-state index contributed by atoms with van der Waals surface area (Å²) in [7, 11) is -0.186. The molecule has 1 fully saturated rings. The van der Waals surface area contributed by atoms with Crippen molar-refractivity contribution in [1.82, 2.24) is 9.21 Å². The normalized spacial score (nSPS) is 15.4. The second-order valence-electron chi connectivity index (χ2n) is 6.87. The maximum Gasteiger partial charge on any atom is 0.410 e. The zero-order valence-corrected chi connectivity index (χ0v) is 19.0. The predicted molar refractivity (Wildman–Crippen MR) is 128 cm³/mol. The Hall–Kier alpha value is -2.61. The van der Waals surface area contributed by atoms with Crippen molar-refractivity contribution in [3.05, 3.63) is 71.8 Å². The first-order chi connectivity index (χ1) is 15.0. The van der Waals surface area contributed by atoms with E-state index in [4.69, 9.17) is 16.3 Å². The molecule has 6 nitrogen and oxygen atoms in total. The molecule has 3 rings (SSSR count). The van der Waals surface area contributed by atoms with Crippen molar-refractivity contribution >= 4 is 45.3 Å². The van der Waals surface area contributed by atoms with E-state index in [9.17, 15) is 9.59 Å². The molecular formula is C23H26ClN3O3S. The van der Waals surface area contributed by atoms with E-state index in [0.717, 1.165) is 29.2 Å². The van der Waals surface area contributed by atoms with Crippen LogP contribution in [-0.4, -0.2) is 52.8 Å². The molecule has 1 N–H and O–H groups in total. The number of hydrogen-bond acceptors (Lipinski definition) is 4. The number of piperazine rings is 1. The van der Waals surface area contributed by atoms with Crippen molar-refractivity contribution in [2.24, 2.45) is 0 Å². The van der Waals surface area contributed by atoms with Gasteiger partial charge < -0.3 is 15.0 Å². The largest absolute Gasteiger partial charge is 0.445 e. The molecule has 8 heteroatoms. The summed E-state index contributed by atoms with van der Waals surface area (Å²) in [6, 6.07) is 15.1. The number of rotatable bonds is 6. The minimum atomic E-state index is -0.303. The van der Waals surface area contributed by atoms with E-state index in [1.165, 1.54) is 6.08 Å². The van der Waals surface area contributed by atoms with Gasteiger partial charge in [0.1, 0.15) is 6.61 Å². The molecule has 1 saturated heterocycles. The van der Waals surface area contributed by atoms with E-state index in [2.05, 4.69) is 21.6 Å². The Morgan fingerprint density at radius 3 is 2.48 bits per heavy atom. The van der Waals surface area contributed by atoms with E-state index in [0.29, 0.717) is 18.1 Å². The Bertz CT molecular complexity index is 970. The molecule has 0 aliphatic carbocycles. The van der Waals surface area contributed by atoms with Gasteiger partial charge in [0.15, 0.2) is 0 Å². The standard InChI is InChI=1S/C23H26ClN3O3S/c1-3-22(28)25-20-8-10-21(11-9-20)31(4-2)27-14-12-26(13-15-27)23(29)30-17-18-6-5-7-19(24)16-18/h3-11,16H,1,12-15,17H2,2H3,(H,25,28). The van der Waals surface area contributed by atoms with Gasteiger partial charge in [-0.2, -0.15) is 0 Å². The number of ether oxygens (including phenoxy) is 1. The minimum Gasteiger partial charge on any atom is -0.445 e. The summed E-state index contributed by atoms with van der Waals surface area (Å²) < 4.78 is 7.81. The number of carbonyl (C=O) groups excluding carboxylic acids is 2. The summed E-state index contributed by atoms with van der Waals surface area (Å²) in [4.78, 5) is 26.8. The van der Waals surface area contributed by atoms with E-state index >= 15 is 0 Å². The molecule has 1 aliphatic heterocycles. The maximum absolute atomic E-state index is 12.4. The molecule has 0 spiro atoms. The first kappa shape index (κ1) is 23.1. The van der Waals surface area contributed by atoms with Gasteiger partial charge >= 0.3 is 6.09 Å². The number of nitrogens with zero attached hydrogens (tertiary/aromatic N) is 2. The predicted octanol–water partition coefficient (Wildman–Crippen LogP) is 4.78. The third-order valence-corrected chi connectivity index (χ3v) is 7.16. The minimum absolute atomic E-state index is 0.186. The molecule has 0 aromatic heterocycles. The average Bonchev–Trinajstić information content (AvgIpc) is 2.79. The molecule has 164 valence electrons. The molecule has 1 atom stereocenters. The smallest absolute Gasteiger partial charge is 0.410 e. The van der Waals surface area contributed by atoms with Crippen molar-refractivity contribution in [3.63, 3.8) is 0 Å². The van der Waals surface area contributed by atoms with Gasteiger partial charge in [-0.25, -0.2) is 9.10 Å². The molecular weight excluding hydrogens is 434 g/mol. The summed E-state index contributed by atoms with van der Waals surface area (Å²) in [5.74, 6) is -0.229. The van der Waals surface area contributed by atoms with E-state index < -0.39 is 0 Å². The number of halogens is 1. The summed E-state index contributed by atoms with van der Waals surface area (Å²) in [6.07, 6.45) is 0.944. The first-order valence-corrected chi connectivity index (χ1v) is 11.6. The summed E-state index contributed by atoms with van der Waals surface area (Å²) in [5, 5.41) is 5.55. The Balaban J connectivity index is 1.53. The lowest BCUT2D eigenvalue weighted by Gasteiger charge is -2.35. The SMILES string of the molecule is C=CC(=O)Nc1ccc(S(=CC)N2CCN(C(=O)OCc3cccc(Cl)c3)CC2)cc1. The fourth-order valence-corrected chi connectivity index (χ4v) is 5.29. The molecule has 0 saturated carbocycles. The van der Waals surface area contributed by atoms with Crippen LogP contribution in [0.3, 0.4) is 0 Å². The fraction of sp³-hybridized carbons (Fsp3) is 0.261. The molecule has 1 aliphatic rings. The Morgan fingerprint density at radius 1 is 1.16 bits per heavy atom. The van der Waals surface area contributed by atoms with Crippen LogP contribution < -0.4 is 5.32 Å². The van der Waals surface area contributed by atoms with Crippen LogP contribution in [0, 0.1) is 0 Å². The van der Waals surface area contributed by atoms with Crippen LogP contribution in [0.25, 0.3) is 0 Å². The number of anilines is 1. The van der Waals surface area contributed by atoms with Crippen molar-refractivity contribution in [2.45, 2.75) is 18.4 Å². The van der Waals surface area contributed by atoms with Gasteiger partial charge in [0, 0.05) is 41.8 Å². The van der Waals surface area contributed by atoms with Gasteiger partial charge in [0.2, 0.25) is 5.91 Å². The molecule has 0 bridgehead atoms. The second kappa shape index (κ2) is 11.1. The first-order valence-electron chi connectivity index (χ1n) is 9.97. The van der Waals surface area contributed by atoms with Crippen molar-refractivity contribution in [3.8, 4) is 0 Å². The molecule has 2 aromatic carbocycles. The highest BCUT2D eigenvalue weighted by molar-refractivity contribution is 8.13. The lowest BCUT2D eigenvalue weighted by molar-refractivity contribution is -0.111. The number of nitrogens with one attached hydrogen (secondary N) is 1. The quantitative estimate of drug-likeness (QED) is 0.498. The van der Waals surface area contributed by atoms with Crippen molar-refractivity contribution in [2.75, 3.05) is 31.5 Å². The summed E-state index contributed by atoms with van der Waals surface area (Å²) >= 11 is 5.98. The molecule has 31 heavy (non-hydrogen) atoms. The molecule has 2 amide bonds. The van der Waals surface area contributed by atoms with Crippen LogP contribution in [0.1, 0.15) is 12.5 Å².